The second-order valence-electron chi connectivity index (χ2n) is 5.46. The van der Waals surface area contributed by atoms with E-state index in [4.69, 9.17) is 11.6 Å². The van der Waals surface area contributed by atoms with Gasteiger partial charge in [0.15, 0.2) is 0 Å². The van der Waals surface area contributed by atoms with Crippen molar-refractivity contribution in [3.8, 4) is 0 Å². The number of benzene rings is 1. The van der Waals surface area contributed by atoms with Crippen LogP contribution in [-0.4, -0.2) is 32.3 Å². The van der Waals surface area contributed by atoms with Crippen molar-refractivity contribution in [3.05, 3.63) is 55.3 Å². The Morgan fingerprint density at radius 1 is 1.18 bits per heavy atom. The van der Waals surface area contributed by atoms with Gasteiger partial charge >= 0.3 is 5.69 Å². The number of nitrogens with one attached hydrogen (secondary N) is 3. The number of hydrazine groups is 1. The van der Waals surface area contributed by atoms with Gasteiger partial charge in [-0.2, -0.15) is 0 Å². The summed E-state index contributed by atoms with van der Waals surface area (Å²) < 4.78 is 0. The molecule has 3 N–H and O–H groups in total. The van der Waals surface area contributed by atoms with Crippen LogP contribution in [0, 0.1) is 20.2 Å². The highest BCUT2D eigenvalue weighted by Crippen LogP contribution is 2.28. The number of amides is 1. The predicted molar refractivity (Wildman–Crippen MR) is 101 cm³/mol. The third-order valence-corrected chi connectivity index (χ3v) is 3.85. The van der Waals surface area contributed by atoms with Crippen molar-refractivity contribution in [2.75, 3.05) is 17.3 Å². The third kappa shape index (κ3) is 5.01. The van der Waals surface area contributed by atoms with E-state index in [0.717, 1.165) is 25.2 Å². The molecule has 0 fully saturated rings. The average molecular weight is 410 g/mol. The van der Waals surface area contributed by atoms with Crippen molar-refractivity contribution in [3.63, 3.8) is 0 Å². The van der Waals surface area contributed by atoms with Gasteiger partial charge in [-0.3, -0.25) is 35.9 Å². The van der Waals surface area contributed by atoms with Crippen LogP contribution in [0.25, 0.3) is 0 Å². The zero-order chi connectivity index (χ0) is 20.7. The quantitative estimate of drug-likeness (QED) is 0.320. The molecule has 2 rings (SSSR count). The number of unbranched alkanes of at least 4 members (excludes halogenated alkanes) is 1. The number of halogens is 1. The van der Waals surface area contributed by atoms with Crippen LogP contribution in [0.1, 0.15) is 30.1 Å². The molecule has 1 heterocycles. The summed E-state index contributed by atoms with van der Waals surface area (Å²) in [5.41, 5.74) is 3.61. The number of aromatic nitrogens is 2. The Balaban J connectivity index is 2.18. The summed E-state index contributed by atoms with van der Waals surface area (Å²) in [5.74, 6) is -1.00. The summed E-state index contributed by atoms with van der Waals surface area (Å²) in [5, 5.41) is 25.0. The number of nitro benzene ring substituents is 1. The van der Waals surface area contributed by atoms with Gasteiger partial charge in [-0.15, -0.1) is 0 Å². The van der Waals surface area contributed by atoms with Gasteiger partial charge < -0.3 is 5.32 Å². The van der Waals surface area contributed by atoms with Gasteiger partial charge in [-0.1, -0.05) is 24.9 Å². The Bertz CT molecular complexity index is 908. The van der Waals surface area contributed by atoms with Gasteiger partial charge in [0.1, 0.15) is 11.3 Å². The number of hydrogen-bond donors (Lipinski definition) is 3. The van der Waals surface area contributed by atoms with Crippen LogP contribution in [0.15, 0.2) is 24.5 Å². The van der Waals surface area contributed by atoms with E-state index in [9.17, 15) is 25.0 Å². The molecule has 2 aromatic rings. The molecular formula is C15H16ClN7O5. The normalized spacial score (nSPS) is 10.2. The maximum absolute atomic E-state index is 12.2. The van der Waals surface area contributed by atoms with Crippen molar-refractivity contribution in [2.24, 2.45) is 0 Å². The second kappa shape index (κ2) is 9.41. The van der Waals surface area contributed by atoms with Crippen LogP contribution in [0.2, 0.25) is 5.02 Å². The van der Waals surface area contributed by atoms with E-state index in [1.807, 2.05) is 6.92 Å². The molecule has 0 aliphatic heterocycles. The number of hydrogen-bond acceptors (Lipinski definition) is 9. The van der Waals surface area contributed by atoms with Gasteiger partial charge in [-0.25, -0.2) is 9.97 Å². The minimum atomic E-state index is -0.770. The Kier molecular flexibility index (Phi) is 6.98. The highest BCUT2D eigenvalue weighted by molar-refractivity contribution is 6.32. The maximum Gasteiger partial charge on any atom is 0.354 e. The fraction of sp³-hybridized carbons (Fsp3) is 0.267. The molecule has 148 valence electrons. The van der Waals surface area contributed by atoms with Crippen LogP contribution in [-0.2, 0) is 0 Å². The summed E-state index contributed by atoms with van der Waals surface area (Å²) in [6, 6.07) is 3.47. The molecule has 1 amide bonds. The number of anilines is 2. The van der Waals surface area contributed by atoms with Gasteiger partial charge in [0.25, 0.3) is 11.6 Å². The zero-order valence-electron chi connectivity index (χ0n) is 14.6. The molecule has 0 atom stereocenters. The first kappa shape index (κ1) is 20.8. The SMILES string of the molecule is CCCCNc1ncnc(NNC(=O)c2ccc(Cl)c([N+](=O)[O-])c2)c1[N+](=O)[O-]. The molecule has 0 radical (unpaired) electrons. The van der Waals surface area contributed by atoms with E-state index in [-0.39, 0.29) is 22.2 Å². The fourth-order valence-electron chi connectivity index (χ4n) is 2.14. The van der Waals surface area contributed by atoms with E-state index >= 15 is 0 Å². The smallest absolute Gasteiger partial charge is 0.354 e. The number of carbonyl (C=O) groups excluding carboxylic acids is 1. The Hall–Kier alpha value is -3.54. The van der Waals surface area contributed by atoms with E-state index < -0.39 is 27.1 Å². The first-order valence-corrected chi connectivity index (χ1v) is 8.46. The third-order valence-electron chi connectivity index (χ3n) is 3.53. The lowest BCUT2D eigenvalue weighted by molar-refractivity contribution is -0.384. The number of rotatable bonds is 9. The molecule has 1 aromatic carbocycles. The molecule has 0 saturated heterocycles. The Morgan fingerprint density at radius 2 is 1.89 bits per heavy atom. The van der Waals surface area contributed by atoms with Gasteiger partial charge in [0.05, 0.1) is 9.85 Å². The molecule has 0 bridgehead atoms. The van der Waals surface area contributed by atoms with Crippen molar-refractivity contribution < 1.29 is 14.6 Å². The van der Waals surface area contributed by atoms with Crippen LogP contribution < -0.4 is 16.2 Å². The number of nitro groups is 2. The summed E-state index contributed by atoms with van der Waals surface area (Å²) in [6.45, 7) is 2.45. The maximum atomic E-state index is 12.2. The lowest BCUT2D eigenvalue weighted by atomic mass is 10.2. The summed E-state index contributed by atoms with van der Waals surface area (Å²) in [4.78, 5) is 40.7. The first-order valence-electron chi connectivity index (χ1n) is 8.08. The topological polar surface area (TPSA) is 165 Å². The van der Waals surface area contributed by atoms with E-state index in [2.05, 4.69) is 26.1 Å². The summed E-state index contributed by atoms with van der Waals surface area (Å²) in [7, 11) is 0. The highest BCUT2D eigenvalue weighted by atomic mass is 35.5. The van der Waals surface area contributed by atoms with Crippen LogP contribution in [0.3, 0.4) is 0 Å². The molecule has 28 heavy (non-hydrogen) atoms. The molecule has 12 nitrogen and oxygen atoms in total. The largest absolute Gasteiger partial charge is 0.364 e. The minimum Gasteiger partial charge on any atom is -0.364 e. The van der Waals surface area contributed by atoms with Gasteiger partial charge in [0, 0.05) is 18.2 Å². The fourth-order valence-corrected chi connectivity index (χ4v) is 2.32. The molecule has 0 aliphatic rings. The van der Waals surface area contributed by atoms with Crippen molar-refractivity contribution in [1.29, 1.82) is 0 Å². The average Bonchev–Trinajstić information content (AvgIpc) is 2.66. The molecule has 1 aromatic heterocycles. The molecule has 0 spiro atoms. The van der Waals surface area contributed by atoms with E-state index in [0.29, 0.717) is 6.54 Å². The predicted octanol–water partition coefficient (Wildman–Crippen LogP) is 2.92. The van der Waals surface area contributed by atoms with Gasteiger partial charge in [0.2, 0.25) is 11.6 Å². The first-order chi connectivity index (χ1) is 13.3. The standard InChI is InChI=1S/C15H16ClN7O5/c1-2-3-6-17-13-12(23(27)28)14(19-8-18-13)20-21-15(24)9-4-5-10(16)11(7-9)22(25)26/h4-5,7-8H,2-3,6H2,1H3,(H,21,24)(H2,17,18,19,20). The highest BCUT2D eigenvalue weighted by Gasteiger charge is 2.23. The minimum absolute atomic E-state index is 0.00679. The van der Waals surface area contributed by atoms with E-state index in [1.54, 1.807) is 0 Å². The lowest BCUT2D eigenvalue weighted by Crippen LogP contribution is -2.30. The summed E-state index contributed by atoms with van der Waals surface area (Å²) >= 11 is 5.71. The molecule has 13 heteroatoms. The number of carbonyl (C=O) groups is 1. The Labute approximate surface area is 163 Å². The second-order valence-corrected chi connectivity index (χ2v) is 5.87. The molecule has 0 unspecified atom stereocenters. The van der Waals surface area contributed by atoms with Crippen molar-refractivity contribution in [1.82, 2.24) is 15.4 Å². The lowest BCUT2D eigenvalue weighted by Gasteiger charge is -2.11. The van der Waals surface area contributed by atoms with Crippen LogP contribution in [0.5, 0.6) is 0 Å². The van der Waals surface area contributed by atoms with Crippen LogP contribution >= 0.6 is 11.6 Å². The molecule has 0 aliphatic carbocycles. The zero-order valence-corrected chi connectivity index (χ0v) is 15.4. The van der Waals surface area contributed by atoms with Crippen molar-refractivity contribution in [2.45, 2.75) is 19.8 Å². The van der Waals surface area contributed by atoms with Crippen LogP contribution in [0.4, 0.5) is 23.0 Å². The Morgan fingerprint density at radius 3 is 2.54 bits per heavy atom. The van der Waals surface area contributed by atoms with E-state index in [1.165, 1.54) is 12.1 Å². The van der Waals surface area contributed by atoms with Gasteiger partial charge in [-0.05, 0) is 18.6 Å². The molecule has 0 saturated carbocycles. The molecular weight excluding hydrogens is 394 g/mol. The number of nitrogens with zero attached hydrogens (tertiary/aromatic N) is 4. The monoisotopic (exact) mass is 409 g/mol. The summed E-state index contributed by atoms with van der Waals surface area (Å²) in [6.07, 6.45) is 2.78. The van der Waals surface area contributed by atoms with Crippen molar-refractivity contribution >= 4 is 40.5 Å².